The number of nitrogens with two attached hydrogens (primary N) is 1. The van der Waals surface area contributed by atoms with Crippen LogP contribution in [0.25, 0.3) is 0 Å². The van der Waals surface area contributed by atoms with Gasteiger partial charge in [-0.1, -0.05) is 42.5 Å². The van der Waals surface area contributed by atoms with Crippen LogP contribution in [0.1, 0.15) is 42.7 Å². The summed E-state index contributed by atoms with van der Waals surface area (Å²) < 4.78 is 5.28. The van der Waals surface area contributed by atoms with E-state index in [2.05, 4.69) is 0 Å². The third-order valence-corrected chi connectivity index (χ3v) is 4.74. The topological polar surface area (TPSA) is 107 Å². The molecule has 1 aliphatic rings. The monoisotopic (exact) mass is 400 g/mol. The number of amides is 3. The lowest BCUT2D eigenvalue weighted by Crippen LogP contribution is -2.29. The minimum atomic E-state index is -1.23. The number of carbonyl (C=O) groups is 4. The summed E-state index contributed by atoms with van der Waals surface area (Å²) in [5.74, 6) is -2.40. The Morgan fingerprint density at radius 2 is 1.30 bits per heavy atom. The van der Waals surface area contributed by atoms with Crippen LogP contribution in [-0.4, -0.2) is 23.7 Å². The molecule has 0 fully saturated rings. The van der Waals surface area contributed by atoms with E-state index in [4.69, 9.17) is 10.5 Å². The van der Waals surface area contributed by atoms with Crippen molar-refractivity contribution in [3.8, 4) is 0 Å². The number of carbonyl (C=O) groups excluding carboxylic acids is 4. The summed E-state index contributed by atoms with van der Waals surface area (Å²) in [4.78, 5) is 50.4. The molecule has 1 aliphatic heterocycles. The Morgan fingerprint density at radius 3 is 1.83 bits per heavy atom. The van der Waals surface area contributed by atoms with Crippen LogP contribution in [-0.2, 0) is 9.53 Å². The van der Waals surface area contributed by atoms with Gasteiger partial charge in [0.15, 0.2) is 0 Å². The van der Waals surface area contributed by atoms with Crippen LogP contribution in [0.5, 0.6) is 0 Å². The Morgan fingerprint density at radius 1 is 0.767 bits per heavy atom. The number of anilines is 1. The fourth-order valence-corrected chi connectivity index (χ4v) is 3.26. The van der Waals surface area contributed by atoms with Crippen LogP contribution in [0, 0.1) is 0 Å². The minimum absolute atomic E-state index is 0.151. The molecular formula is C23H16N2O5. The Labute approximate surface area is 171 Å². The standard InChI is InChI=1S/C23H16N2O5/c24-20(26)19(14-6-2-1-3-7-14)30-23(29)15-10-12-16(13-11-15)25-21(27)17-8-4-5-9-18(17)22(25)28/h1-13,19H,(H2,24,26). The minimum Gasteiger partial charge on any atom is -0.444 e. The molecule has 7 heteroatoms. The molecule has 3 aromatic rings. The predicted octanol–water partition coefficient (Wildman–Crippen LogP) is 2.87. The van der Waals surface area contributed by atoms with Gasteiger partial charge < -0.3 is 10.5 Å². The molecule has 30 heavy (non-hydrogen) atoms. The molecule has 3 amide bonds. The fraction of sp³-hybridized carbons (Fsp3) is 0.0435. The second-order valence-corrected chi connectivity index (χ2v) is 6.64. The zero-order valence-electron chi connectivity index (χ0n) is 15.6. The summed E-state index contributed by atoms with van der Waals surface area (Å²) in [6.45, 7) is 0. The van der Waals surface area contributed by atoms with Gasteiger partial charge in [-0.25, -0.2) is 9.69 Å². The van der Waals surface area contributed by atoms with Gasteiger partial charge in [-0.3, -0.25) is 14.4 Å². The number of esters is 1. The maximum atomic E-state index is 12.6. The first-order valence-electron chi connectivity index (χ1n) is 9.10. The third-order valence-electron chi connectivity index (χ3n) is 4.74. The number of imide groups is 1. The molecule has 4 rings (SSSR count). The van der Waals surface area contributed by atoms with Crippen molar-refractivity contribution in [2.45, 2.75) is 6.10 Å². The average Bonchev–Trinajstić information content (AvgIpc) is 3.03. The molecule has 2 N–H and O–H groups in total. The molecule has 148 valence electrons. The van der Waals surface area contributed by atoms with Crippen molar-refractivity contribution >= 4 is 29.4 Å². The second-order valence-electron chi connectivity index (χ2n) is 6.64. The van der Waals surface area contributed by atoms with Crippen LogP contribution in [0.3, 0.4) is 0 Å². The SMILES string of the molecule is NC(=O)C(OC(=O)c1ccc(N2C(=O)c3ccccc3C2=O)cc1)c1ccccc1. The smallest absolute Gasteiger partial charge is 0.339 e. The van der Waals surface area contributed by atoms with Crippen LogP contribution in [0.15, 0.2) is 78.9 Å². The van der Waals surface area contributed by atoms with Crippen molar-refractivity contribution in [3.05, 3.63) is 101 Å². The van der Waals surface area contributed by atoms with Crippen LogP contribution in [0.2, 0.25) is 0 Å². The number of benzene rings is 3. The van der Waals surface area contributed by atoms with Crippen LogP contribution < -0.4 is 10.6 Å². The van der Waals surface area contributed by atoms with E-state index >= 15 is 0 Å². The summed E-state index contributed by atoms with van der Waals surface area (Å²) in [7, 11) is 0. The first-order valence-corrected chi connectivity index (χ1v) is 9.10. The molecule has 0 saturated carbocycles. The van der Waals surface area contributed by atoms with Crippen LogP contribution in [0.4, 0.5) is 5.69 Å². The zero-order chi connectivity index (χ0) is 21.3. The quantitative estimate of drug-likeness (QED) is 0.523. The van der Waals surface area contributed by atoms with Crippen molar-refractivity contribution in [2.75, 3.05) is 4.90 Å². The summed E-state index contributed by atoms with van der Waals surface area (Å²) in [6, 6.07) is 20.8. The van der Waals surface area contributed by atoms with Crippen LogP contribution >= 0.6 is 0 Å². The van der Waals surface area contributed by atoms with E-state index in [-0.39, 0.29) is 5.56 Å². The van der Waals surface area contributed by atoms with Crippen molar-refractivity contribution in [1.29, 1.82) is 0 Å². The molecule has 0 aliphatic carbocycles. The lowest BCUT2D eigenvalue weighted by atomic mass is 10.1. The average molecular weight is 400 g/mol. The van der Waals surface area contributed by atoms with Gasteiger partial charge in [0.05, 0.1) is 22.4 Å². The summed E-state index contributed by atoms with van der Waals surface area (Å²) in [5.41, 5.74) is 6.98. The van der Waals surface area contributed by atoms with Gasteiger partial charge in [0.2, 0.25) is 6.10 Å². The number of rotatable bonds is 5. The predicted molar refractivity (Wildman–Crippen MR) is 108 cm³/mol. The maximum Gasteiger partial charge on any atom is 0.339 e. The molecule has 1 atom stereocenters. The van der Waals surface area contributed by atoms with Crippen molar-refractivity contribution in [3.63, 3.8) is 0 Å². The van der Waals surface area contributed by atoms with E-state index in [1.165, 1.54) is 24.3 Å². The lowest BCUT2D eigenvalue weighted by molar-refractivity contribution is -0.127. The number of primary amides is 1. The molecule has 0 spiro atoms. The number of ether oxygens (including phenoxy) is 1. The van der Waals surface area contributed by atoms with Crippen molar-refractivity contribution < 1.29 is 23.9 Å². The molecule has 7 nitrogen and oxygen atoms in total. The fourth-order valence-electron chi connectivity index (χ4n) is 3.26. The number of hydrogen-bond donors (Lipinski definition) is 1. The third kappa shape index (κ3) is 3.33. The zero-order valence-corrected chi connectivity index (χ0v) is 15.6. The highest BCUT2D eigenvalue weighted by atomic mass is 16.5. The van der Waals surface area contributed by atoms with E-state index in [1.807, 2.05) is 0 Å². The summed E-state index contributed by atoms with van der Waals surface area (Å²) >= 11 is 0. The number of fused-ring (bicyclic) bond motifs is 1. The van der Waals surface area contributed by atoms with Gasteiger partial charge >= 0.3 is 5.97 Å². The molecular weight excluding hydrogens is 384 g/mol. The Balaban J connectivity index is 1.54. The molecule has 3 aromatic carbocycles. The van der Waals surface area contributed by atoms with E-state index < -0.39 is 29.8 Å². The first kappa shape index (κ1) is 19.1. The largest absolute Gasteiger partial charge is 0.444 e. The highest BCUT2D eigenvalue weighted by Crippen LogP contribution is 2.28. The van der Waals surface area contributed by atoms with Crippen molar-refractivity contribution in [1.82, 2.24) is 0 Å². The molecule has 0 aromatic heterocycles. The Kier molecular flexibility index (Phi) is 4.85. The highest BCUT2D eigenvalue weighted by molar-refractivity contribution is 6.34. The number of hydrogen-bond acceptors (Lipinski definition) is 5. The molecule has 1 heterocycles. The maximum absolute atomic E-state index is 12.6. The molecule has 0 saturated heterocycles. The number of nitrogens with zero attached hydrogens (tertiary/aromatic N) is 1. The molecule has 1 unspecified atom stereocenters. The van der Waals surface area contributed by atoms with Gasteiger partial charge in [0.25, 0.3) is 17.7 Å². The normalized spacial score (nSPS) is 13.7. The van der Waals surface area contributed by atoms with Gasteiger partial charge in [0.1, 0.15) is 0 Å². The second kappa shape index (κ2) is 7.63. The Bertz CT molecular complexity index is 1120. The highest BCUT2D eigenvalue weighted by Gasteiger charge is 2.36. The van der Waals surface area contributed by atoms with Gasteiger partial charge in [-0.05, 0) is 36.4 Å². The molecule has 0 bridgehead atoms. The van der Waals surface area contributed by atoms with Gasteiger partial charge in [-0.2, -0.15) is 0 Å². The van der Waals surface area contributed by atoms with E-state index in [0.29, 0.717) is 22.4 Å². The first-order chi connectivity index (χ1) is 14.5. The van der Waals surface area contributed by atoms with E-state index in [9.17, 15) is 19.2 Å². The summed E-state index contributed by atoms with van der Waals surface area (Å²) in [6.07, 6.45) is -1.23. The van der Waals surface area contributed by atoms with E-state index in [1.54, 1.807) is 54.6 Å². The van der Waals surface area contributed by atoms with E-state index in [0.717, 1.165) is 4.90 Å². The van der Waals surface area contributed by atoms with Gasteiger partial charge in [-0.15, -0.1) is 0 Å². The lowest BCUT2D eigenvalue weighted by Gasteiger charge is -2.16. The molecule has 0 radical (unpaired) electrons. The van der Waals surface area contributed by atoms with Gasteiger partial charge in [0, 0.05) is 5.56 Å². The summed E-state index contributed by atoms with van der Waals surface area (Å²) in [5, 5.41) is 0. The van der Waals surface area contributed by atoms with Crippen molar-refractivity contribution in [2.24, 2.45) is 5.73 Å². The Hall–Kier alpha value is -4.26.